The fourth-order valence-electron chi connectivity index (χ4n) is 2.85. The van der Waals surface area contributed by atoms with Gasteiger partial charge in [0.05, 0.1) is 12.1 Å². The summed E-state index contributed by atoms with van der Waals surface area (Å²) in [7, 11) is 0. The molecule has 2 fully saturated rings. The third-order valence-corrected chi connectivity index (χ3v) is 4.05. The van der Waals surface area contributed by atoms with E-state index in [1.165, 1.54) is 4.68 Å². The van der Waals surface area contributed by atoms with Crippen LogP contribution in [0.15, 0.2) is 23.1 Å². The average molecular weight is 249 g/mol. The Hall–Kier alpha value is -1.20. The number of aliphatic hydroxyl groups is 1. The predicted octanol–water partition coefficient (Wildman–Crippen LogP) is 0.0901. The van der Waals surface area contributed by atoms with Crippen LogP contribution in [0.4, 0.5) is 0 Å². The van der Waals surface area contributed by atoms with Crippen molar-refractivity contribution in [2.75, 3.05) is 19.6 Å². The van der Waals surface area contributed by atoms with Gasteiger partial charge in [-0.25, -0.2) is 4.68 Å². The summed E-state index contributed by atoms with van der Waals surface area (Å²) in [5, 5.41) is 14.1. The summed E-state index contributed by atoms with van der Waals surface area (Å²) in [5.41, 5.74) is -0.458. The van der Waals surface area contributed by atoms with Crippen LogP contribution in [-0.2, 0) is 6.54 Å². The smallest absolute Gasteiger partial charge is 0.266 e. The lowest BCUT2D eigenvalue weighted by molar-refractivity contribution is -0.0819. The minimum absolute atomic E-state index is 0.0337. The Bertz CT molecular complexity index is 475. The minimum Gasteiger partial charge on any atom is -0.389 e. The van der Waals surface area contributed by atoms with Crippen molar-refractivity contribution < 1.29 is 5.11 Å². The summed E-state index contributed by atoms with van der Waals surface area (Å²) in [6.07, 6.45) is 4.67. The van der Waals surface area contributed by atoms with E-state index in [9.17, 15) is 9.90 Å². The molecule has 0 spiro atoms. The van der Waals surface area contributed by atoms with Crippen LogP contribution in [0, 0.1) is 5.92 Å². The van der Waals surface area contributed by atoms with Crippen molar-refractivity contribution >= 4 is 0 Å². The zero-order chi connectivity index (χ0) is 12.6. The first-order chi connectivity index (χ1) is 8.65. The second-order valence-electron chi connectivity index (χ2n) is 5.68. The van der Waals surface area contributed by atoms with Crippen molar-refractivity contribution in [3.63, 3.8) is 0 Å². The molecule has 1 aliphatic carbocycles. The number of rotatable bonds is 4. The first-order valence-corrected chi connectivity index (χ1v) is 6.62. The van der Waals surface area contributed by atoms with Crippen LogP contribution in [0.2, 0.25) is 0 Å². The molecule has 0 radical (unpaired) electrons. The van der Waals surface area contributed by atoms with Crippen molar-refractivity contribution in [3.8, 4) is 0 Å². The maximum atomic E-state index is 11.5. The number of likely N-dealkylation sites (tertiary alicyclic amines) is 1. The summed E-state index contributed by atoms with van der Waals surface area (Å²) < 4.78 is 1.53. The van der Waals surface area contributed by atoms with Crippen LogP contribution in [0.25, 0.3) is 0 Å². The highest BCUT2D eigenvalue weighted by molar-refractivity contribution is 4.94. The van der Waals surface area contributed by atoms with Crippen LogP contribution in [0.1, 0.15) is 19.3 Å². The Morgan fingerprint density at radius 1 is 1.44 bits per heavy atom. The highest BCUT2D eigenvalue weighted by Gasteiger charge is 2.39. The van der Waals surface area contributed by atoms with Gasteiger partial charge in [0, 0.05) is 37.8 Å². The molecule has 0 atom stereocenters. The SMILES string of the molecule is O=c1cccnn1CC1CN(CC2(O)CCC2)C1. The Balaban J connectivity index is 1.48. The largest absolute Gasteiger partial charge is 0.389 e. The molecule has 1 aromatic rings. The van der Waals surface area contributed by atoms with Crippen LogP contribution in [0.5, 0.6) is 0 Å². The number of hydrogen-bond donors (Lipinski definition) is 1. The lowest BCUT2D eigenvalue weighted by Gasteiger charge is -2.47. The molecule has 18 heavy (non-hydrogen) atoms. The van der Waals surface area contributed by atoms with Crippen LogP contribution < -0.4 is 5.56 Å². The van der Waals surface area contributed by atoms with E-state index in [-0.39, 0.29) is 5.56 Å². The molecule has 1 aromatic heterocycles. The van der Waals surface area contributed by atoms with Gasteiger partial charge in [0.15, 0.2) is 0 Å². The molecule has 2 heterocycles. The fourth-order valence-corrected chi connectivity index (χ4v) is 2.85. The van der Waals surface area contributed by atoms with Crippen molar-refractivity contribution in [1.82, 2.24) is 14.7 Å². The molecule has 98 valence electrons. The highest BCUT2D eigenvalue weighted by Crippen LogP contribution is 2.34. The van der Waals surface area contributed by atoms with Gasteiger partial charge in [-0.15, -0.1) is 0 Å². The van der Waals surface area contributed by atoms with Gasteiger partial charge in [0.1, 0.15) is 0 Å². The molecule has 1 saturated carbocycles. The van der Waals surface area contributed by atoms with E-state index in [1.807, 2.05) is 0 Å². The predicted molar refractivity (Wildman–Crippen MR) is 67.2 cm³/mol. The number of hydrogen-bond acceptors (Lipinski definition) is 4. The topological polar surface area (TPSA) is 58.4 Å². The third-order valence-electron chi connectivity index (χ3n) is 4.05. The molecule has 1 aliphatic heterocycles. The van der Waals surface area contributed by atoms with Gasteiger partial charge in [-0.2, -0.15) is 5.10 Å². The summed E-state index contributed by atoms with van der Waals surface area (Å²) >= 11 is 0. The minimum atomic E-state index is -0.424. The Morgan fingerprint density at radius 2 is 2.22 bits per heavy atom. The van der Waals surface area contributed by atoms with E-state index < -0.39 is 5.60 Å². The van der Waals surface area contributed by atoms with E-state index in [1.54, 1.807) is 18.3 Å². The fraction of sp³-hybridized carbons (Fsp3) is 0.692. The second kappa shape index (κ2) is 4.48. The zero-order valence-electron chi connectivity index (χ0n) is 10.5. The standard InChI is InChI=1S/C13H19N3O2/c17-12-3-1-6-14-16(12)9-11-7-15(8-11)10-13(18)4-2-5-13/h1,3,6,11,18H,2,4-5,7-10H2. The monoisotopic (exact) mass is 249 g/mol. The van der Waals surface area contributed by atoms with Gasteiger partial charge < -0.3 is 5.11 Å². The quantitative estimate of drug-likeness (QED) is 0.821. The van der Waals surface area contributed by atoms with Gasteiger partial charge >= 0.3 is 0 Å². The summed E-state index contributed by atoms with van der Waals surface area (Å²) in [6.45, 7) is 3.41. The summed E-state index contributed by atoms with van der Waals surface area (Å²) in [4.78, 5) is 13.8. The third kappa shape index (κ3) is 2.33. The molecule has 2 aliphatic rings. The van der Waals surface area contributed by atoms with Gasteiger partial charge in [-0.3, -0.25) is 9.69 Å². The van der Waals surface area contributed by atoms with Gasteiger partial charge in [0.25, 0.3) is 5.56 Å². The lowest BCUT2D eigenvalue weighted by Crippen LogP contribution is -2.57. The average Bonchev–Trinajstić information content (AvgIpc) is 2.26. The first-order valence-electron chi connectivity index (χ1n) is 6.62. The summed E-state index contributed by atoms with van der Waals surface area (Å²) in [5.74, 6) is 0.487. The first kappa shape index (κ1) is 11.9. The van der Waals surface area contributed by atoms with Gasteiger partial charge in [0.2, 0.25) is 0 Å². The molecule has 5 heteroatoms. The molecule has 5 nitrogen and oxygen atoms in total. The molecule has 1 N–H and O–H groups in total. The maximum Gasteiger partial charge on any atom is 0.266 e. The lowest BCUT2D eigenvalue weighted by atomic mass is 9.79. The number of β-amino-alcohol motifs (C(OH)–C–C–N with tert-alkyl or cyclic N) is 1. The maximum absolute atomic E-state index is 11.5. The Morgan fingerprint density at radius 3 is 2.83 bits per heavy atom. The van der Waals surface area contributed by atoms with Gasteiger partial charge in [-0.05, 0) is 25.3 Å². The molecular formula is C13H19N3O2. The van der Waals surface area contributed by atoms with Crippen LogP contribution in [-0.4, -0.2) is 45.0 Å². The second-order valence-corrected chi connectivity index (χ2v) is 5.68. The normalized spacial score (nSPS) is 23.4. The molecule has 1 saturated heterocycles. The number of aromatic nitrogens is 2. The van der Waals surface area contributed by atoms with Crippen molar-refractivity contribution in [1.29, 1.82) is 0 Å². The van der Waals surface area contributed by atoms with Crippen molar-refractivity contribution in [2.24, 2.45) is 5.92 Å². The highest BCUT2D eigenvalue weighted by atomic mass is 16.3. The molecular weight excluding hydrogens is 230 g/mol. The van der Waals surface area contributed by atoms with E-state index in [0.29, 0.717) is 12.5 Å². The Labute approximate surface area is 106 Å². The molecule has 0 amide bonds. The zero-order valence-corrected chi connectivity index (χ0v) is 10.5. The van der Waals surface area contributed by atoms with E-state index >= 15 is 0 Å². The summed E-state index contributed by atoms with van der Waals surface area (Å²) in [6, 6.07) is 3.21. The van der Waals surface area contributed by atoms with Crippen LogP contribution >= 0.6 is 0 Å². The Kier molecular flexibility index (Phi) is 2.95. The van der Waals surface area contributed by atoms with E-state index in [4.69, 9.17) is 0 Å². The van der Waals surface area contributed by atoms with Gasteiger partial charge in [-0.1, -0.05) is 0 Å². The van der Waals surface area contributed by atoms with Crippen molar-refractivity contribution in [3.05, 3.63) is 28.7 Å². The van der Waals surface area contributed by atoms with E-state index in [2.05, 4.69) is 10.00 Å². The molecule has 0 unspecified atom stereocenters. The molecule has 0 bridgehead atoms. The molecule has 3 rings (SSSR count). The number of nitrogens with zero attached hydrogens (tertiary/aromatic N) is 3. The van der Waals surface area contributed by atoms with Crippen LogP contribution in [0.3, 0.4) is 0 Å². The van der Waals surface area contributed by atoms with E-state index in [0.717, 1.165) is 38.9 Å². The van der Waals surface area contributed by atoms with Crippen molar-refractivity contribution in [2.45, 2.75) is 31.4 Å². The molecule has 0 aromatic carbocycles.